The molecule has 2 atom stereocenters. The molecule has 2 unspecified atom stereocenters. The van der Waals surface area contributed by atoms with Gasteiger partial charge in [0.25, 0.3) is 0 Å². The summed E-state index contributed by atoms with van der Waals surface area (Å²) in [7, 11) is 2.89. The van der Waals surface area contributed by atoms with Gasteiger partial charge in [0.05, 0.1) is 20.3 Å². The second-order valence-electron chi connectivity index (χ2n) is 6.55. The van der Waals surface area contributed by atoms with Crippen LogP contribution in [-0.4, -0.2) is 20.2 Å². The molecule has 0 amide bonds. The second kappa shape index (κ2) is 7.51. The molecule has 3 rings (SSSR count). The molecule has 0 saturated carbocycles. The van der Waals surface area contributed by atoms with Crippen LogP contribution in [0.25, 0.3) is 10.8 Å². The van der Waals surface area contributed by atoms with Gasteiger partial charge >= 0.3 is 5.97 Å². The highest BCUT2D eigenvalue weighted by Crippen LogP contribution is 2.46. The summed E-state index contributed by atoms with van der Waals surface area (Å²) < 4.78 is 10.6. The summed E-state index contributed by atoms with van der Waals surface area (Å²) in [4.78, 5) is 12.7. The van der Waals surface area contributed by atoms with Crippen molar-refractivity contribution in [3.8, 4) is 11.8 Å². The lowest BCUT2D eigenvalue weighted by Gasteiger charge is -2.31. The van der Waals surface area contributed by atoms with Gasteiger partial charge in [-0.05, 0) is 29.3 Å². The predicted octanol–water partition coefficient (Wildman–Crippen LogP) is 4.68. The topological polar surface area (TPSA) is 59.3 Å². The maximum absolute atomic E-state index is 12.7. The lowest BCUT2D eigenvalue weighted by atomic mass is 9.69. The molecule has 4 nitrogen and oxygen atoms in total. The Morgan fingerprint density at radius 2 is 1.59 bits per heavy atom. The molecule has 0 heterocycles. The monoisotopic (exact) mass is 359 g/mol. The Hall–Kier alpha value is -3.32. The van der Waals surface area contributed by atoms with E-state index in [0.29, 0.717) is 5.75 Å². The normalized spacial score (nSPS) is 14.0. The zero-order valence-corrected chi connectivity index (χ0v) is 15.6. The standard InChI is InChI=1S/C23H21NO3/c1-23(15-24,22(25)27-3)21(19-12-6-7-14-20(19)26-2)18-13-8-10-16-9-4-5-11-17(16)18/h4-14,21H,1-3H3. The van der Waals surface area contributed by atoms with Crippen LogP contribution in [0, 0.1) is 16.7 Å². The van der Waals surface area contributed by atoms with Crippen molar-refractivity contribution in [2.24, 2.45) is 5.41 Å². The summed E-state index contributed by atoms with van der Waals surface area (Å²) in [6, 6.07) is 23.5. The number of nitrogens with zero attached hydrogens (tertiary/aromatic N) is 1. The first-order valence-corrected chi connectivity index (χ1v) is 8.67. The molecule has 3 aromatic rings. The quantitative estimate of drug-likeness (QED) is 0.621. The van der Waals surface area contributed by atoms with Crippen molar-refractivity contribution in [1.29, 1.82) is 5.26 Å². The van der Waals surface area contributed by atoms with E-state index in [4.69, 9.17) is 9.47 Å². The first-order valence-electron chi connectivity index (χ1n) is 8.67. The minimum Gasteiger partial charge on any atom is -0.496 e. The van der Waals surface area contributed by atoms with Crippen LogP contribution >= 0.6 is 0 Å². The number of methoxy groups -OCH3 is 2. The van der Waals surface area contributed by atoms with Gasteiger partial charge in [-0.15, -0.1) is 0 Å². The first kappa shape index (κ1) is 18.5. The smallest absolute Gasteiger partial charge is 0.326 e. The highest BCUT2D eigenvalue weighted by Gasteiger charge is 2.46. The predicted molar refractivity (Wildman–Crippen MR) is 105 cm³/mol. The fraction of sp³-hybridized carbons (Fsp3) is 0.217. The zero-order chi connectivity index (χ0) is 19.4. The van der Waals surface area contributed by atoms with Crippen molar-refractivity contribution in [2.75, 3.05) is 14.2 Å². The van der Waals surface area contributed by atoms with Gasteiger partial charge in [-0.3, -0.25) is 4.79 Å². The second-order valence-corrected chi connectivity index (χ2v) is 6.55. The molecule has 4 heteroatoms. The Kier molecular flexibility index (Phi) is 5.14. The minimum atomic E-state index is -1.42. The number of benzene rings is 3. The fourth-order valence-electron chi connectivity index (χ4n) is 3.64. The summed E-state index contributed by atoms with van der Waals surface area (Å²) in [6.45, 7) is 1.62. The lowest BCUT2D eigenvalue weighted by molar-refractivity contribution is -0.149. The molecule has 0 bridgehead atoms. The molecule has 0 aliphatic carbocycles. The summed E-state index contributed by atoms with van der Waals surface area (Å²) >= 11 is 0. The van der Waals surface area contributed by atoms with Crippen molar-refractivity contribution in [2.45, 2.75) is 12.8 Å². The highest BCUT2D eigenvalue weighted by atomic mass is 16.5. The SMILES string of the molecule is COC(=O)C(C)(C#N)C(c1ccccc1OC)c1cccc2ccccc12. The molecule has 0 saturated heterocycles. The van der Waals surface area contributed by atoms with Crippen LogP contribution in [0.3, 0.4) is 0 Å². The third-order valence-corrected chi connectivity index (χ3v) is 5.00. The number of nitriles is 1. The van der Waals surface area contributed by atoms with E-state index in [9.17, 15) is 10.1 Å². The molecular weight excluding hydrogens is 338 g/mol. The van der Waals surface area contributed by atoms with Crippen LogP contribution in [-0.2, 0) is 9.53 Å². The third kappa shape index (κ3) is 3.13. The van der Waals surface area contributed by atoms with Crippen LogP contribution in [0.1, 0.15) is 24.0 Å². The number of rotatable bonds is 5. The first-order chi connectivity index (χ1) is 13.1. The van der Waals surface area contributed by atoms with Gasteiger partial charge in [0.15, 0.2) is 5.41 Å². The van der Waals surface area contributed by atoms with Crippen molar-refractivity contribution >= 4 is 16.7 Å². The summed E-state index contributed by atoms with van der Waals surface area (Å²) in [5, 5.41) is 12.1. The molecule has 27 heavy (non-hydrogen) atoms. The van der Waals surface area contributed by atoms with E-state index < -0.39 is 17.3 Å². The van der Waals surface area contributed by atoms with Crippen molar-refractivity contribution in [3.05, 3.63) is 77.9 Å². The van der Waals surface area contributed by atoms with Gasteiger partial charge < -0.3 is 9.47 Å². The van der Waals surface area contributed by atoms with Crippen molar-refractivity contribution in [3.63, 3.8) is 0 Å². The van der Waals surface area contributed by atoms with Crippen LogP contribution in [0.15, 0.2) is 66.7 Å². The molecule has 0 N–H and O–H groups in total. The molecule has 3 aromatic carbocycles. The maximum Gasteiger partial charge on any atom is 0.326 e. The zero-order valence-electron chi connectivity index (χ0n) is 15.6. The average molecular weight is 359 g/mol. The lowest BCUT2D eigenvalue weighted by Crippen LogP contribution is -2.35. The molecule has 0 radical (unpaired) electrons. The molecule has 0 fully saturated rings. The largest absolute Gasteiger partial charge is 0.496 e. The molecule has 0 spiro atoms. The number of ether oxygens (including phenoxy) is 2. The Bertz CT molecular complexity index is 1020. The van der Waals surface area contributed by atoms with E-state index in [1.807, 2.05) is 66.7 Å². The van der Waals surface area contributed by atoms with E-state index in [1.165, 1.54) is 7.11 Å². The van der Waals surface area contributed by atoms with E-state index in [1.54, 1.807) is 14.0 Å². The van der Waals surface area contributed by atoms with E-state index in [0.717, 1.165) is 21.9 Å². The van der Waals surface area contributed by atoms with E-state index in [-0.39, 0.29) is 0 Å². The van der Waals surface area contributed by atoms with Crippen LogP contribution in [0.5, 0.6) is 5.75 Å². The number of hydrogen-bond donors (Lipinski definition) is 0. The Morgan fingerprint density at radius 1 is 0.963 bits per heavy atom. The van der Waals surface area contributed by atoms with Crippen LogP contribution in [0.4, 0.5) is 0 Å². The molecular formula is C23H21NO3. The molecule has 0 aromatic heterocycles. The van der Waals surface area contributed by atoms with Crippen LogP contribution in [0.2, 0.25) is 0 Å². The number of hydrogen-bond acceptors (Lipinski definition) is 4. The third-order valence-electron chi connectivity index (χ3n) is 5.00. The number of carbonyl (C=O) groups excluding carboxylic acids is 1. The molecule has 0 aliphatic rings. The van der Waals surface area contributed by atoms with Gasteiger partial charge in [-0.25, -0.2) is 0 Å². The number of fused-ring (bicyclic) bond motifs is 1. The average Bonchev–Trinajstić information content (AvgIpc) is 2.73. The molecule has 136 valence electrons. The van der Waals surface area contributed by atoms with Crippen molar-refractivity contribution in [1.82, 2.24) is 0 Å². The molecule has 0 aliphatic heterocycles. The Balaban J connectivity index is 2.38. The minimum absolute atomic E-state index is 0.558. The van der Waals surface area contributed by atoms with Gasteiger partial charge in [0, 0.05) is 11.5 Å². The van der Waals surface area contributed by atoms with Gasteiger partial charge in [0.1, 0.15) is 5.75 Å². The van der Waals surface area contributed by atoms with Gasteiger partial charge in [-0.1, -0.05) is 60.7 Å². The fourth-order valence-corrected chi connectivity index (χ4v) is 3.64. The summed E-state index contributed by atoms with van der Waals surface area (Å²) in [5.74, 6) is -0.508. The summed E-state index contributed by atoms with van der Waals surface area (Å²) in [5.41, 5.74) is 0.228. The van der Waals surface area contributed by atoms with E-state index in [2.05, 4.69) is 6.07 Å². The van der Waals surface area contributed by atoms with E-state index >= 15 is 0 Å². The number of para-hydroxylation sites is 1. The Labute approximate surface area is 159 Å². The van der Waals surface area contributed by atoms with Crippen molar-refractivity contribution < 1.29 is 14.3 Å². The highest BCUT2D eigenvalue weighted by molar-refractivity contribution is 5.89. The summed E-state index contributed by atoms with van der Waals surface area (Å²) in [6.07, 6.45) is 0. The van der Waals surface area contributed by atoms with Gasteiger partial charge in [-0.2, -0.15) is 5.26 Å². The maximum atomic E-state index is 12.7. The number of carbonyl (C=O) groups is 1. The van der Waals surface area contributed by atoms with Gasteiger partial charge in [0.2, 0.25) is 0 Å². The van der Waals surface area contributed by atoms with Crippen LogP contribution < -0.4 is 4.74 Å². The number of esters is 1. The Morgan fingerprint density at radius 3 is 2.30 bits per heavy atom.